The lowest BCUT2D eigenvalue weighted by Gasteiger charge is -2.16. The molecule has 0 aliphatic carbocycles. The van der Waals surface area contributed by atoms with E-state index in [-0.39, 0.29) is 11.9 Å². The molecule has 1 heterocycles. The molecule has 0 N–H and O–H groups in total. The predicted octanol–water partition coefficient (Wildman–Crippen LogP) is 2.45. The van der Waals surface area contributed by atoms with E-state index in [4.69, 9.17) is 9.47 Å². The van der Waals surface area contributed by atoms with Gasteiger partial charge in [-0.1, -0.05) is 6.07 Å². The van der Waals surface area contributed by atoms with Crippen molar-refractivity contribution >= 4 is 21.9 Å². The Labute approximate surface area is 121 Å². The molecular weight excluding hydrogens is 310 g/mol. The molecule has 1 unspecified atom stereocenters. The van der Waals surface area contributed by atoms with Crippen molar-refractivity contribution in [3.63, 3.8) is 0 Å². The molecule has 1 saturated heterocycles. The van der Waals surface area contributed by atoms with Crippen LogP contribution in [0, 0.1) is 5.92 Å². The predicted molar refractivity (Wildman–Crippen MR) is 76.1 cm³/mol. The van der Waals surface area contributed by atoms with Gasteiger partial charge in [-0.2, -0.15) is 0 Å². The normalized spacial score (nSPS) is 19.4. The molecule has 19 heavy (non-hydrogen) atoms. The van der Waals surface area contributed by atoms with Crippen LogP contribution in [0.25, 0.3) is 0 Å². The van der Waals surface area contributed by atoms with Crippen LogP contribution < -0.4 is 4.74 Å². The van der Waals surface area contributed by atoms with Crippen LogP contribution in [-0.4, -0.2) is 38.2 Å². The first-order valence-electron chi connectivity index (χ1n) is 6.26. The zero-order chi connectivity index (χ0) is 13.8. The van der Waals surface area contributed by atoms with Crippen LogP contribution in [-0.2, 0) is 16.1 Å². The minimum Gasteiger partial charge on any atom is -0.496 e. The second-order valence-electron chi connectivity index (χ2n) is 4.71. The summed E-state index contributed by atoms with van der Waals surface area (Å²) in [6, 6.07) is 6.06. The van der Waals surface area contributed by atoms with E-state index in [1.807, 2.05) is 6.07 Å². The Morgan fingerprint density at radius 1 is 1.47 bits per heavy atom. The van der Waals surface area contributed by atoms with Crippen LogP contribution in [0.15, 0.2) is 22.7 Å². The minimum atomic E-state index is -0.0987. The van der Waals surface area contributed by atoms with E-state index in [2.05, 4.69) is 33.0 Å². The van der Waals surface area contributed by atoms with Gasteiger partial charge < -0.3 is 9.47 Å². The van der Waals surface area contributed by atoms with Gasteiger partial charge in [-0.05, 0) is 46.6 Å². The van der Waals surface area contributed by atoms with Gasteiger partial charge in [0.25, 0.3) is 0 Å². The zero-order valence-corrected chi connectivity index (χ0v) is 12.8. The Kier molecular flexibility index (Phi) is 4.82. The molecule has 0 saturated carbocycles. The average molecular weight is 328 g/mol. The Bertz CT molecular complexity index is 464. The summed E-state index contributed by atoms with van der Waals surface area (Å²) < 4.78 is 11.0. The lowest BCUT2D eigenvalue weighted by atomic mass is 10.1. The monoisotopic (exact) mass is 327 g/mol. The highest BCUT2D eigenvalue weighted by atomic mass is 79.9. The van der Waals surface area contributed by atoms with E-state index >= 15 is 0 Å². The smallest absolute Gasteiger partial charge is 0.310 e. The highest BCUT2D eigenvalue weighted by Crippen LogP contribution is 2.27. The average Bonchev–Trinajstić information content (AvgIpc) is 2.86. The number of hydrogen-bond acceptors (Lipinski definition) is 4. The molecular formula is C14H18BrNO3. The molecule has 1 aliphatic heterocycles. The van der Waals surface area contributed by atoms with Gasteiger partial charge in [0.15, 0.2) is 0 Å². The SMILES string of the molecule is COC(=O)C1CCN(Cc2ccc(OC)c(Br)c2)C1. The lowest BCUT2D eigenvalue weighted by molar-refractivity contribution is -0.144. The van der Waals surface area contributed by atoms with Crippen molar-refractivity contribution in [2.24, 2.45) is 5.92 Å². The molecule has 1 aromatic rings. The first kappa shape index (κ1) is 14.3. The summed E-state index contributed by atoms with van der Waals surface area (Å²) in [6.07, 6.45) is 0.879. The molecule has 1 aliphatic rings. The topological polar surface area (TPSA) is 38.8 Å². The number of rotatable bonds is 4. The van der Waals surface area contributed by atoms with Crippen molar-refractivity contribution in [3.8, 4) is 5.75 Å². The third-order valence-corrected chi connectivity index (χ3v) is 4.05. The van der Waals surface area contributed by atoms with Crippen LogP contribution in [0.4, 0.5) is 0 Å². The van der Waals surface area contributed by atoms with Gasteiger partial charge in [-0.15, -0.1) is 0 Å². The molecule has 0 bridgehead atoms. The van der Waals surface area contributed by atoms with Crippen molar-refractivity contribution in [1.82, 2.24) is 4.90 Å². The first-order valence-corrected chi connectivity index (χ1v) is 7.06. The highest BCUT2D eigenvalue weighted by Gasteiger charge is 2.28. The summed E-state index contributed by atoms with van der Waals surface area (Å²) in [5, 5.41) is 0. The summed E-state index contributed by atoms with van der Waals surface area (Å²) in [4.78, 5) is 13.8. The molecule has 0 spiro atoms. The van der Waals surface area contributed by atoms with Crippen LogP contribution in [0.1, 0.15) is 12.0 Å². The molecule has 0 aromatic heterocycles. The van der Waals surface area contributed by atoms with Gasteiger partial charge in [-0.25, -0.2) is 0 Å². The standard InChI is InChI=1S/C14H18BrNO3/c1-18-13-4-3-10(7-12(13)15)8-16-6-5-11(9-16)14(17)19-2/h3-4,7,11H,5-6,8-9H2,1-2H3. The molecule has 1 aromatic carbocycles. The fourth-order valence-electron chi connectivity index (χ4n) is 2.40. The summed E-state index contributed by atoms with van der Waals surface area (Å²) in [5.41, 5.74) is 1.21. The largest absolute Gasteiger partial charge is 0.496 e. The van der Waals surface area contributed by atoms with Crippen molar-refractivity contribution in [2.45, 2.75) is 13.0 Å². The van der Waals surface area contributed by atoms with Gasteiger partial charge in [-0.3, -0.25) is 9.69 Å². The fraction of sp³-hybridized carbons (Fsp3) is 0.500. The number of carbonyl (C=O) groups excluding carboxylic acids is 1. The number of benzene rings is 1. The van der Waals surface area contributed by atoms with Crippen LogP contribution in [0.5, 0.6) is 5.75 Å². The molecule has 1 atom stereocenters. The second kappa shape index (κ2) is 6.39. The van der Waals surface area contributed by atoms with Gasteiger partial charge in [0.2, 0.25) is 0 Å². The number of ether oxygens (including phenoxy) is 2. The summed E-state index contributed by atoms with van der Waals surface area (Å²) in [6.45, 7) is 2.55. The van der Waals surface area contributed by atoms with Crippen molar-refractivity contribution in [2.75, 3.05) is 27.3 Å². The van der Waals surface area contributed by atoms with Gasteiger partial charge in [0.05, 0.1) is 24.6 Å². The van der Waals surface area contributed by atoms with E-state index in [0.29, 0.717) is 0 Å². The van der Waals surface area contributed by atoms with E-state index in [1.165, 1.54) is 12.7 Å². The Balaban J connectivity index is 1.95. The number of likely N-dealkylation sites (tertiary alicyclic amines) is 1. The zero-order valence-electron chi connectivity index (χ0n) is 11.2. The van der Waals surface area contributed by atoms with Crippen LogP contribution in [0.3, 0.4) is 0 Å². The maximum Gasteiger partial charge on any atom is 0.310 e. The molecule has 0 amide bonds. The second-order valence-corrected chi connectivity index (χ2v) is 5.57. The minimum absolute atomic E-state index is 0.0201. The molecule has 4 nitrogen and oxygen atoms in total. The van der Waals surface area contributed by atoms with E-state index in [9.17, 15) is 4.79 Å². The maximum atomic E-state index is 11.5. The molecule has 5 heteroatoms. The number of hydrogen-bond donors (Lipinski definition) is 0. The Hall–Kier alpha value is -1.07. The number of esters is 1. The fourth-order valence-corrected chi connectivity index (χ4v) is 2.99. The number of halogens is 1. The molecule has 1 fully saturated rings. The first-order chi connectivity index (χ1) is 9.13. The quantitative estimate of drug-likeness (QED) is 0.796. The van der Waals surface area contributed by atoms with Crippen molar-refractivity contribution in [3.05, 3.63) is 28.2 Å². The summed E-state index contributed by atoms with van der Waals surface area (Å²) >= 11 is 3.49. The molecule has 104 valence electrons. The maximum absolute atomic E-state index is 11.5. The molecule has 2 rings (SSSR count). The van der Waals surface area contributed by atoms with E-state index < -0.39 is 0 Å². The van der Waals surface area contributed by atoms with Crippen molar-refractivity contribution < 1.29 is 14.3 Å². The summed E-state index contributed by atoms with van der Waals surface area (Å²) in [7, 11) is 3.10. The Morgan fingerprint density at radius 2 is 2.26 bits per heavy atom. The lowest BCUT2D eigenvalue weighted by Crippen LogP contribution is -2.23. The molecule has 0 radical (unpaired) electrons. The van der Waals surface area contributed by atoms with Crippen LogP contribution in [0.2, 0.25) is 0 Å². The number of carbonyl (C=O) groups is 1. The highest BCUT2D eigenvalue weighted by molar-refractivity contribution is 9.10. The van der Waals surface area contributed by atoms with Gasteiger partial charge in [0, 0.05) is 13.1 Å². The van der Waals surface area contributed by atoms with Gasteiger partial charge >= 0.3 is 5.97 Å². The van der Waals surface area contributed by atoms with Gasteiger partial charge in [0.1, 0.15) is 5.75 Å². The number of nitrogens with zero attached hydrogens (tertiary/aromatic N) is 1. The van der Waals surface area contributed by atoms with Crippen LogP contribution >= 0.6 is 15.9 Å². The van der Waals surface area contributed by atoms with Crippen molar-refractivity contribution in [1.29, 1.82) is 0 Å². The third kappa shape index (κ3) is 3.48. The third-order valence-electron chi connectivity index (χ3n) is 3.43. The summed E-state index contributed by atoms with van der Waals surface area (Å²) in [5.74, 6) is 0.753. The Morgan fingerprint density at radius 3 is 2.89 bits per heavy atom. The van der Waals surface area contributed by atoms with E-state index in [0.717, 1.165) is 36.3 Å². The van der Waals surface area contributed by atoms with E-state index in [1.54, 1.807) is 7.11 Å². The number of methoxy groups -OCH3 is 2.